The number of nitrogens with one attached hydrogen (secondary N) is 1. The minimum atomic E-state index is -0.462. The summed E-state index contributed by atoms with van der Waals surface area (Å²) in [5, 5.41) is 5.21. The first-order chi connectivity index (χ1) is 11.7. The van der Waals surface area contributed by atoms with Gasteiger partial charge in [0, 0.05) is 25.8 Å². The molecule has 0 amide bonds. The van der Waals surface area contributed by atoms with Crippen molar-refractivity contribution in [3.63, 3.8) is 0 Å². The molecule has 0 radical (unpaired) electrons. The van der Waals surface area contributed by atoms with Crippen LogP contribution in [0.2, 0.25) is 0 Å². The number of esters is 2. The van der Waals surface area contributed by atoms with Crippen LogP contribution in [0.25, 0.3) is 10.8 Å². The van der Waals surface area contributed by atoms with Crippen LogP contribution in [0.3, 0.4) is 0 Å². The molecule has 2 aromatic carbocycles. The van der Waals surface area contributed by atoms with Crippen LogP contribution in [-0.4, -0.2) is 25.0 Å². The normalized spacial score (nSPS) is 11.0. The van der Waals surface area contributed by atoms with Gasteiger partial charge in [-0.05, 0) is 35.0 Å². The third kappa shape index (κ3) is 5.44. The molecule has 142 valence electrons. The Labute approximate surface area is 160 Å². The summed E-state index contributed by atoms with van der Waals surface area (Å²) in [5.41, 5.74) is 1.13. The quantitative estimate of drug-likeness (QED) is 0.607. The van der Waals surface area contributed by atoms with E-state index in [2.05, 4.69) is 38.2 Å². The molecule has 0 spiro atoms. The lowest BCUT2D eigenvalue weighted by molar-refractivity contribution is -0.134. The molecular formula is C20H26ClNO4. The van der Waals surface area contributed by atoms with Crippen LogP contribution in [0.1, 0.15) is 40.2 Å². The molecule has 2 rings (SSSR count). The third-order valence-electron chi connectivity index (χ3n) is 4.01. The molecule has 0 aliphatic heterocycles. The molecule has 0 fully saturated rings. The number of rotatable bonds is 6. The van der Waals surface area contributed by atoms with Gasteiger partial charge in [-0.15, -0.1) is 12.4 Å². The van der Waals surface area contributed by atoms with Crippen LogP contribution in [0.5, 0.6) is 11.5 Å². The molecule has 2 aromatic rings. The molecule has 0 heterocycles. The number of fused-ring (bicyclic) bond motifs is 1. The summed E-state index contributed by atoms with van der Waals surface area (Å²) in [7, 11) is 0. The smallest absolute Gasteiger partial charge is 0.308 e. The Morgan fingerprint density at radius 1 is 0.962 bits per heavy atom. The number of carbonyl (C=O) groups excluding carboxylic acids is 2. The van der Waals surface area contributed by atoms with Crippen molar-refractivity contribution in [3.8, 4) is 11.5 Å². The minimum Gasteiger partial charge on any atom is -0.423 e. The Morgan fingerprint density at radius 3 is 2.00 bits per heavy atom. The van der Waals surface area contributed by atoms with Crippen molar-refractivity contribution in [3.05, 3.63) is 35.9 Å². The fourth-order valence-corrected chi connectivity index (χ4v) is 2.69. The number of halogens is 1. The summed E-state index contributed by atoms with van der Waals surface area (Å²) in [6.07, 6.45) is 0. The first-order valence-electron chi connectivity index (χ1n) is 8.39. The van der Waals surface area contributed by atoms with Crippen molar-refractivity contribution in [2.45, 2.75) is 40.0 Å². The molecule has 0 aliphatic carbocycles. The average molecular weight is 380 g/mol. The SMILES string of the molecule is CCNCC(C)(C)c1ccc2cc(OC(C)=O)c(OC(C)=O)cc2c1.Cl. The fraction of sp³-hybridized carbons (Fsp3) is 0.400. The largest absolute Gasteiger partial charge is 0.423 e. The van der Waals surface area contributed by atoms with Gasteiger partial charge in [0.25, 0.3) is 0 Å². The van der Waals surface area contributed by atoms with Crippen molar-refractivity contribution >= 4 is 35.1 Å². The molecular weight excluding hydrogens is 354 g/mol. The first-order valence-corrected chi connectivity index (χ1v) is 8.39. The number of likely N-dealkylation sites (N-methyl/N-ethyl adjacent to an activating group) is 1. The Morgan fingerprint density at radius 2 is 1.50 bits per heavy atom. The summed E-state index contributed by atoms with van der Waals surface area (Å²) in [6.45, 7) is 10.8. The van der Waals surface area contributed by atoms with Crippen LogP contribution < -0.4 is 14.8 Å². The van der Waals surface area contributed by atoms with Gasteiger partial charge < -0.3 is 14.8 Å². The van der Waals surface area contributed by atoms with E-state index in [0.717, 1.165) is 23.9 Å². The minimum absolute atomic E-state index is 0. The topological polar surface area (TPSA) is 64.6 Å². The summed E-state index contributed by atoms with van der Waals surface area (Å²) in [4.78, 5) is 22.7. The molecule has 5 nitrogen and oxygen atoms in total. The van der Waals surface area contributed by atoms with Crippen molar-refractivity contribution in [2.24, 2.45) is 0 Å². The second-order valence-corrected chi connectivity index (χ2v) is 6.71. The lowest BCUT2D eigenvalue weighted by Crippen LogP contribution is -2.32. The lowest BCUT2D eigenvalue weighted by atomic mass is 9.83. The molecule has 0 aliphatic rings. The summed E-state index contributed by atoms with van der Waals surface area (Å²) in [6, 6.07) is 9.60. The van der Waals surface area contributed by atoms with E-state index in [0.29, 0.717) is 0 Å². The van der Waals surface area contributed by atoms with E-state index < -0.39 is 11.9 Å². The maximum atomic E-state index is 11.4. The molecule has 26 heavy (non-hydrogen) atoms. The fourth-order valence-electron chi connectivity index (χ4n) is 2.69. The highest BCUT2D eigenvalue weighted by Gasteiger charge is 2.21. The lowest BCUT2D eigenvalue weighted by Gasteiger charge is -2.26. The van der Waals surface area contributed by atoms with Crippen molar-refractivity contribution in [1.29, 1.82) is 0 Å². The standard InChI is InChI=1S/C20H25NO4.ClH/c1-6-21-12-20(4,5)17-8-7-15-10-18(24-13(2)22)19(25-14(3)23)11-16(15)9-17;/h7-11,21H,6,12H2,1-5H3;1H. The molecule has 6 heteroatoms. The number of ether oxygens (including phenoxy) is 2. The highest BCUT2D eigenvalue weighted by Crippen LogP contribution is 2.35. The molecule has 0 saturated carbocycles. The second kappa shape index (κ2) is 9.01. The molecule has 0 unspecified atom stereocenters. The van der Waals surface area contributed by atoms with E-state index in [9.17, 15) is 9.59 Å². The molecule has 1 N–H and O–H groups in total. The van der Waals surface area contributed by atoms with Gasteiger partial charge in [-0.25, -0.2) is 0 Å². The zero-order valence-electron chi connectivity index (χ0n) is 15.8. The van der Waals surface area contributed by atoms with Crippen LogP contribution >= 0.6 is 12.4 Å². The van der Waals surface area contributed by atoms with Crippen LogP contribution in [0.4, 0.5) is 0 Å². The van der Waals surface area contributed by atoms with Gasteiger partial charge in [-0.1, -0.05) is 39.0 Å². The number of hydrogen-bond acceptors (Lipinski definition) is 5. The van der Waals surface area contributed by atoms with E-state index in [1.165, 1.54) is 19.4 Å². The van der Waals surface area contributed by atoms with Crippen LogP contribution in [0, 0.1) is 0 Å². The van der Waals surface area contributed by atoms with E-state index >= 15 is 0 Å². The Bertz CT molecular complexity index is 802. The van der Waals surface area contributed by atoms with Crippen molar-refractivity contribution < 1.29 is 19.1 Å². The maximum Gasteiger partial charge on any atom is 0.308 e. The van der Waals surface area contributed by atoms with Crippen molar-refractivity contribution in [2.75, 3.05) is 13.1 Å². The second-order valence-electron chi connectivity index (χ2n) is 6.71. The van der Waals surface area contributed by atoms with E-state index in [-0.39, 0.29) is 29.3 Å². The summed E-state index contributed by atoms with van der Waals surface area (Å²) in [5.74, 6) is -0.431. The molecule has 0 aromatic heterocycles. The Balaban J connectivity index is 0.00000338. The number of benzene rings is 2. The predicted octanol–water partition coefficient (Wildman–Crippen LogP) is 4.00. The molecule has 0 bridgehead atoms. The van der Waals surface area contributed by atoms with Gasteiger partial charge >= 0.3 is 11.9 Å². The van der Waals surface area contributed by atoms with Crippen molar-refractivity contribution in [1.82, 2.24) is 5.32 Å². The Hall–Kier alpha value is -2.11. The number of hydrogen-bond donors (Lipinski definition) is 1. The third-order valence-corrected chi connectivity index (χ3v) is 4.01. The van der Waals surface area contributed by atoms with E-state index in [4.69, 9.17) is 9.47 Å². The molecule has 0 saturated heterocycles. The first kappa shape index (κ1) is 21.9. The predicted molar refractivity (Wildman–Crippen MR) is 105 cm³/mol. The van der Waals surface area contributed by atoms with E-state index in [1.54, 1.807) is 12.1 Å². The monoisotopic (exact) mass is 379 g/mol. The molecule has 0 atom stereocenters. The Kier molecular flexibility index (Phi) is 7.60. The zero-order chi connectivity index (χ0) is 18.6. The van der Waals surface area contributed by atoms with Gasteiger partial charge in [-0.3, -0.25) is 9.59 Å². The average Bonchev–Trinajstić information content (AvgIpc) is 2.52. The summed E-state index contributed by atoms with van der Waals surface area (Å²) >= 11 is 0. The van der Waals surface area contributed by atoms with Gasteiger partial charge in [0.05, 0.1) is 0 Å². The highest BCUT2D eigenvalue weighted by atomic mass is 35.5. The zero-order valence-corrected chi connectivity index (χ0v) is 16.7. The van der Waals surface area contributed by atoms with E-state index in [1.807, 2.05) is 6.07 Å². The van der Waals surface area contributed by atoms with Gasteiger partial charge in [0.1, 0.15) is 0 Å². The summed E-state index contributed by atoms with van der Waals surface area (Å²) < 4.78 is 10.4. The van der Waals surface area contributed by atoms with Gasteiger partial charge in [0.2, 0.25) is 0 Å². The maximum absolute atomic E-state index is 11.4. The van der Waals surface area contributed by atoms with Gasteiger partial charge in [-0.2, -0.15) is 0 Å². The van der Waals surface area contributed by atoms with Gasteiger partial charge in [0.15, 0.2) is 11.5 Å². The number of carbonyl (C=O) groups is 2. The highest BCUT2D eigenvalue weighted by molar-refractivity contribution is 5.89. The van der Waals surface area contributed by atoms with Crippen LogP contribution in [0.15, 0.2) is 30.3 Å². The van der Waals surface area contributed by atoms with Crippen LogP contribution in [-0.2, 0) is 15.0 Å².